The van der Waals surface area contributed by atoms with Gasteiger partial charge in [-0.15, -0.1) is 0 Å². The van der Waals surface area contributed by atoms with Crippen LogP contribution in [-0.4, -0.2) is 18.0 Å². The van der Waals surface area contributed by atoms with Gasteiger partial charge in [0.25, 0.3) is 0 Å². The Bertz CT molecular complexity index is 768. The molecule has 0 aliphatic carbocycles. The van der Waals surface area contributed by atoms with Gasteiger partial charge in [-0.3, -0.25) is 4.79 Å². The largest absolute Gasteiger partial charge is 0.503 e. The van der Waals surface area contributed by atoms with E-state index in [1.807, 2.05) is 24.3 Å². The summed E-state index contributed by atoms with van der Waals surface area (Å²) < 4.78 is 5.06. The van der Waals surface area contributed by atoms with Gasteiger partial charge in [0, 0.05) is 10.5 Å². The molecule has 3 rings (SSSR count). The summed E-state index contributed by atoms with van der Waals surface area (Å²) in [5.41, 5.74) is 1.42. The number of allylic oxidation sites excluding steroid dienone is 1. The zero-order chi connectivity index (χ0) is 15.0. The second-order valence-corrected chi connectivity index (χ2v) is 5.98. The van der Waals surface area contributed by atoms with E-state index in [0.29, 0.717) is 16.0 Å². The SMILES string of the molecule is COc1cc(/C=C2/Sc3ccccc3C2=O)cc(Cl)c1O. The Labute approximate surface area is 131 Å². The Hall–Kier alpha value is -1.91. The lowest BCUT2D eigenvalue weighted by molar-refractivity contribution is 0.104. The molecular formula is C16H11ClO3S. The molecule has 1 aliphatic heterocycles. The highest BCUT2D eigenvalue weighted by Crippen LogP contribution is 2.42. The van der Waals surface area contributed by atoms with Crippen molar-refractivity contribution in [3.05, 3.63) is 57.5 Å². The third-order valence-corrected chi connectivity index (χ3v) is 4.53. The highest BCUT2D eigenvalue weighted by molar-refractivity contribution is 8.04. The lowest BCUT2D eigenvalue weighted by atomic mass is 10.1. The van der Waals surface area contributed by atoms with Gasteiger partial charge in [-0.25, -0.2) is 0 Å². The number of Topliss-reactive ketones (excluding diaryl/α,β-unsaturated/α-hetero) is 1. The summed E-state index contributed by atoms with van der Waals surface area (Å²) >= 11 is 7.39. The first-order valence-corrected chi connectivity index (χ1v) is 7.39. The highest BCUT2D eigenvalue weighted by atomic mass is 35.5. The molecule has 0 bridgehead atoms. The van der Waals surface area contributed by atoms with Crippen LogP contribution in [-0.2, 0) is 0 Å². The highest BCUT2D eigenvalue weighted by Gasteiger charge is 2.25. The Kier molecular flexibility index (Phi) is 3.66. The fourth-order valence-corrected chi connectivity index (χ4v) is 3.39. The summed E-state index contributed by atoms with van der Waals surface area (Å²) in [5, 5.41) is 9.92. The minimum absolute atomic E-state index is 0.00114. The predicted molar refractivity (Wildman–Crippen MR) is 84.3 cm³/mol. The summed E-state index contributed by atoms with van der Waals surface area (Å²) in [6.45, 7) is 0. The number of ketones is 1. The van der Waals surface area contributed by atoms with Crippen LogP contribution in [0.1, 0.15) is 15.9 Å². The van der Waals surface area contributed by atoms with E-state index in [0.717, 1.165) is 4.90 Å². The lowest BCUT2D eigenvalue weighted by Gasteiger charge is -2.06. The zero-order valence-corrected chi connectivity index (χ0v) is 12.7. The maximum atomic E-state index is 12.3. The van der Waals surface area contributed by atoms with Crippen LogP contribution in [0.3, 0.4) is 0 Å². The average molecular weight is 319 g/mol. The first-order valence-electron chi connectivity index (χ1n) is 6.20. The Balaban J connectivity index is 2.01. The number of phenols is 1. The van der Waals surface area contributed by atoms with Crippen molar-refractivity contribution >= 4 is 35.2 Å². The predicted octanol–water partition coefficient (Wildman–Crippen LogP) is 4.38. The van der Waals surface area contributed by atoms with E-state index < -0.39 is 0 Å². The maximum absolute atomic E-state index is 12.3. The number of hydrogen-bond donors (Lipinski definition) is 1. The number of halogens is 1. The average Bonchev–Trinajstić information content (AvgIpc) is 2.79. The lowest BCUT2D eigenvalue weighted by Crippen LogP contribution is -1.93. The van der Waals surface area contributed by atoms with Crippen molar-refractivity contribution in [3.63, 3.8) is 0 Å². The van der Waals surface area contributed by atoms with Crippen LogP contribution in [0, 0.1) is 0 Å². The molecule has 5 heteroatoms. The van der Waals surface area contributed by atoms with E-state index in [1.165, 1.54) is 18.9 Å². The number of fused-ring (bicyclic) bond motifs is 1. The van der Waals surface area contributed by atoms with Crippen molar-refractivity contribution in [2.75, 3.05) is 7.11 Å². The molecule has 21 heavy (non-hydrogen) atoms. The normalized spacial score (nSPS) is 15.3. The van der Waals surface area contributed by atoms with Crippen molar-refractivity contribution in [3.8, 4) is 11.5 Å². The van der Waals surface area contributed by atoms with E-state index in [9.17, 15) is 9.90 Å². The fraction of sp³-hybridized carbons (Fsp3) is 0.0625. The number of benzene rings is 2. The van der Waals surface area contributed by atoms with Crippen molar-refractivity contribution in [2.45, 2.75) is 4.90 Å². The summed E-state index contributed by atoms with van der Waals surface area (Å²) in [4.78, 5) is 13.9. The molecule has 2 aromatic carbocycles. The number of methoxy groups -OCH3 is 1. The molecule has 0 radical (unpaired) electrons. The number of phenolic OH excluding ortho intramolecular Hbond substituents is 1. The number of carbonyl (C=O) groups is 1. The molecule has 0 spiro atoms. The van der Waals surface area contributed by atoms with Gasteiger partial charge in [-0.05, 0) is 35.9 Å². The summed E-state index contributed by atoms with van der Waals surface area (Å²) in [5.74, 6) is 0.177. The van der Waals surface area contributed by atoms with Crippen molar-refractivity contribution in [2.24, 2.45) is 0 Å². The topological polar surface area (TPSA) is 46.5 Å². The molecule has 3 nitrogen and oxygen atoms in total. The molecule has 0 saturated heterocycles. The molecule has 2 aromatic rings. The molecule has 0 unspecified atom stereocenters. The van der Waals surface area contributed by atoms with E-state index in [4.69, 9.17) is 16.3 Å². The third-order valence-electron chi connectivity index (χ3n) is 3.14. The van der Waals surface area contributed by atoms with Crippen molar-refractivity contribution in [1.82, 2.24) is 0 Å². The van der Waals surface area contributed by atoms with Gasteiger partial charge in [-0.1, -0.05) is 35.5 Å². The van der Waals surface area contributed by atoms with Crippen LogP contribution in [0.2, 0.25) is 5.02 Å². The molecular weight excluding hydrogens is 308 g/mol. The third kappa shape index (κ3) is 2.52. The number of ether oxygens (including phenoxy) is 1. The van der Waals surface area contributed by atoms with Gasteiger partial charge >= 0.3 is 0 Å². The van der Waals surface area contributed by atoms with E-state index in [1.54, 1.807) is 18.2 Å². The number of rotatable bonds is 2. The summed E-state index contributed by atoms with van der Waals surface area (Å²) in [6, 6.07) is 10.7. The van der Waals surface area contributed by atoms with Crippen molar-refractivity contribution in [1.29, 1.82) is 0 Å². The maximum Gasteiger partial charge on any atom is 0.200 e. The number of aromatic hydroxyl groups is 1. The van der Waals surface area contributed by atoms with Gasteiger partial charge < -0.3 is 9.84 Å². The second kappa shape index (κ2) is 5.47. The second-order valence-electron chi connectivity index (χ2n) is 4.49. The first kappa shape index (κ1) is 14.0. The molecule has 1 N–H and O–H groups in total. The molecule has 0 amide bonds. The molecule has 0 saturated carbocycles. The van der Waals surface area contributed by atoms with Gasteiger partial charge in [0.05, 0.1) is 17.0 Å². The van der Waals surface area contributed by atoms with Crippen LogP contribution in [0.4, 0.5) is 0 Å². The standard InChI is InChI=1S/C16H11ClO3S/c1-20-12-7-9(6-11(17)16(12)19)8-14-15(18)10-4-2-3-5-13(10)21-14/h2-8,19H,1H3/b14-8+. The number of thioether (sulfide) groups is 1. The minimum Gasteiger partial charge on any atom is -0.503 e. The van der Waals surface area contributed by atoms with E-state index in [2.05, 4.69) is 0 Å². The Morgan fingerprint density at radius 2 is 2.05 bits per heavy atom. The van der Waals surface area contributed by atoms with Gasteiger partial charge in [0.1, 0.15) is 0 Å². The number of carbonyl (C=O) groups excluding carboxylic acids is 1. The zero-order valence-electron chi connectivity index (χ0n) is 11.1. The van der Waals surface area contributed by atoms with Gasteiger partial charge in [-0.2, -0.15) is 0 Å². The quantitative estimate of drug-likeness (QED) is 0.834. The summed E-state index contributed by atoms with van der Waals surface area (Å²) in [7, 11) is 1.45. The van der Waals surface area contributed by atoms with Crippen LogP contribution < -0.4 is 4.74 Å². The van der Waals surface area contributed by atoms with Gasteiger partial charge in [0.15, 0.2) is 11.5 Å². The van der Waals surface area contributed by atoms with E-state index >= 15 is 0 Å². The molecule has 106 valence electrons. The van der Waals surface area contributed by atoms with Crippen LogP contribution in [0.15, 0.2) is 46.2 Å². The minimum atomic E-state index is -0.102. The summed E-state index contributed by atoms with van der Waals surface area (Å²) in [6.07, 6.45) is 1.75. The Morgan fingerprint density at radius 1 is 1.29 bits per heavy atom. The number of hydrogen-bond acceptors (Lipinski definition) is 4. The fourth-order valence-electron chi connectivity index (χ4n) is 2.12. The van der Waals surface area contributed by atoms with Crippen LogP contribution >= 0.6 is 23.4 Å². The van der Waals surface area contributed by atoms with Crippen molar-refractivity contribution < 1.29 is 14.6 Å². The molecule has 0 atom stereocenters. The van der Waals surface area contributed by atoms with E-state index in [-0.39, 0.29) is 22.3 Å². The van der Waals surface area contributed by atoms with Crippen LogP contribution in [0.25, 0.3) is 6.08 Å². The Morgan fingerprint density at radius 3 is 2.76 bits per heavy atom. The molecule has 0 aromatic heterocycles. The van der Waals surface area contributed by atoms with Gasteiger partial charge in [0.2, 0.25) is 5.78 Å². The van der Waals surface area contributed by atoms with Crippen LogP contribution in [0.5, 0.6) is 11.5 Å². The monoisotopic (exact) mass is 318 g/mol. The first-order chi connectivity index (χ1) is 10.1. The molecule has 1 heterocycles. The molecule has 1 aliphatic rings. The molecule has 0 fully saturated rings. The smallest absolute Gasteiger partial charge is 0.200 e.